The minimum atomic E-state index is 0.254. The normalized spacial score (nSPS) is 22.1. The molecule has 1 aromatic rings. The predicted molar refractivity (Wildman–Crippen MR) is 81.1 cm³/mol. The highest BCUT2D eigenvalue weighted by atomic mass is 16.5. The average molecular weight is 280 g/mol. The van der Waals surface area contributed by atoms with Crippen molar-refractivity contribution in [2.24, 2.45) is 0 Å². The Labute approximate surface area is 122 Å². The van der Waals surface area contributed by atoms with Crippen LogP contribution in [0.25, 0.3) is 0 Å². The molecule has 1 saturated heterocycles. The lowest BCUT2D eigenvalue weighted by Crippen LogP contribution is -2.51. The summed E-state index contributed by atoms with van der Waals surface area (Å²) in [5, 5.41) is 8.06. The molecule has 0 radical (unpaired) electrons. The highest BCUT2D eigenvalue weighted by molar-refractivity contribution is 5.12. The quantitative estimate of drug-likeness (QED) is 0.842. The van der Waals surface area contributed by atoms with Crippen molar-refractivity contribution in [1.29, 1.82) is 0 Å². The molecule has 0 amide bonds. The minimum absolute atomic E-state index is 0.254. The maximum Gasteiger partial charge on any atom is 0.0858 e. The number of rotatable bonds is 6. The van der Waals surface area contributed by atoms with E-state index in [-0.39, 0.29) is 6.10 Å². The summed E-state index contributed by atoms with van der Waals surface area (Å²) < 4.78 is 8.07. The molecule has 0 aromatic carbocycles. The third-order valence-corrected chi connectivity index (χ3v) is 4.12. The van der Waals surface area contributed by atoms with E-state index in [2.05, 4.69) is 47.0 Å². The molecule has 2 atom stereocenters. The SMILES string of the molecule is CCc1cc(CC(NC)C2CN(C)CCO2)n(CC)n1. The second-order valence-corrected chi connectivity index (χ2v) is 5.57. The monoisotopic (exact) mass is 280 g/mol. The van der Waals surface area contributed by atoms with Gasteiger partial charge in [0.05, 0.1) is 18.4 Å². The number of hydrogen-bond donors (Lipinski definition) is 1. The van der Waals surface area contributed by atoms with E-state index < -0.39 is 0 Å². The summed E-state index contributed by atoms with van der Waals surface area (Å²) in [6.07, 6.45) is 2.21. The van der Waals surface area contributed by atoms with Crippen molar-refractivity contribution in [2.45, 2.75) is 45.4 Å². The summed E-state index contributed by atoms with van der Waals surface area (Å²) >= 11 is 0. The topological polar surface area (TPSA) is 42.3 Å². The number of hydrogen-bond acceptors (Lipinski definition) is 4. The van der Waals surface area contributed by atoms with Crippen LogP contribution < -0.4 is 5.32 Å². The van der Waals surface area contributed by atoms with Crippen LogP contribution in [0.15, 0.2) is 6.07 Å². The van der Waals surface area contributed by atoms with E-state index in [1.165, 1.54) is 11.4 Å². The predicted octanol–water partition coefficient (Wildman–Crippen LogP) is 0.927. The molecular weight excluding hydrogens is 252 g/mol. The van der Waals surface area contributed by atoms with Gasteiger partial charge in [-0.15, -0.1) is 0 Å². The molecule has 2 unspecified atom stereocenters. The fraction of sp³-hybridized carbons (Fsp3) is 0.800. The van der Waals surface area contributed by atoms with Crippen LogP contribution >= 0.6 is 0 Å². The molecule has 2 rings (SSSR count). The molecule has 1 aromatic heterocycles. The molecule has 0 saturated carbocycles. The first kappa shape index (κ1) is 15.5. The average Bonchev–Trinajstić information content (AvgIpc) is 2.87. The van der Waals surface area contributed by atoms with E-state index in [0.717, 1.165) is 39.1 Å². The van der Waals surface area contributed by atoms with Crippen molar-refractivity contribution in [1.82, 2.24) is 20.0 Å². The standard InChI is InChI=1S/C15H28N4O/c1-5-12-9-13(19(6-2)17-12)10-14(16-3)15-11-18(4)7-8-20-15/h9,14-16H,5-8,10-11H2,1-4H3. The Morgan fingerprint density at radius 2 is 2.30 bits per heavy atom. The highest BCUT2D eigenvalue weighted by Gasteiger charge is 2.26. The third kappa shape index (κ3) is 3.59. The second kappa shape index (κ2) is 7.20. The van der Waals surface area contributed by atoms with Gasteiger partial charge in [-0.2, -0.15) is 5.10 Å². The van der Waals surface area contributed by atoms with Gasteiger partial charge in [-0.3, -0.25) is 4.68 Å². The van der Waals surface area contributed by atoms with Crippen molar-refractivity contribution < 1.29 is 4.74 Å². The van der Waals surface area contributed by atoms with Gasteiger partial charge in [0.25, 0.3) is 0 Å². The van der Waals surface area contributed by atoms with E-state index in [9.17, 15) is 0 Å². The summed E-state index contributed by atoms with van der Waals surface area (Å²) in [6, 6.07) is 2.57. The Morgan fingerprint density at radius 1 is 1.50 bits per heavy atom. The Bertz CT molecular complexity index is 418. The van der Waals surface area contributed by atoms with Crippen LogP contribution in [0.3, 0.4) is 0 Å². The number of likely N-dealkylation sites (N-methyl/N-ethyl adjacent to an activating group) is 2. The van der Waals surface area contributed by atoms with Crippen LogP contribution in [0.2, 0.25) is 0 Å². The number of nitrogens with one attached hydrogen (secondary N) is 1. The first-order chi connectivity index (χ1) is 9.67. The summed E-state index contributed by atoms with van der Waals surface area (Å²) in [7, 11) is 4.18. The Morgan fingerprint density at radius 3 is 2.90 bits per heavy atom. The molecule has 1 N–H and O–H groups in total. The molecule has 5 heteroatoms. The lowest BCUT2D eigenvalue weighted by atomic mass is 10.0. The number of aromatic nitrogens is 2. The van der Waals surface area contributed by atoms with Crippen LogP contribution in [0.1, 0.15) is 25.2 Å². The zero-order chi connectivity index (χ0) is 14.5. The van der Waals surface area contributed by atoms with E-state index in [4.69, 9.17) is 4.74 Å². The number of ether oxygens (including phenoxy) is 1. The third-order valence-electron chi connectivity index (χ3n) is 4.12. The van der Waals surface area contributed by atoms with E-state index in [1.807, 2.05) is 7.05 Å². The van der Waals surface area contributed by atoms with Crippen molar-refractivity contribution in [3.8, 4) is 0 Å². The van der Waals surface area contributed by atoms with Gasteiger partial charge in [0.1, 0.15) is 0 Å². The number of aryl methyl sites for hydroxylation is 2. The van der Waals surface area contributed by atoms with Crippen molar-refractivity contribution in [3.05, 3.63) is 17.5 Å². The van der Waals surface area contributed by atoms with Crippen LogP contribution in [-0.4, -0.2) is 60.6 Å². The van der Waals surface area contributed by atoms with Crippen molar-refractivity contribution in [2.75, 3.05) is 33.8 Å². The lowest BCUT2D eigenvalue weighted by Gasteiger charge is -2.35. The zero-order valence-electron chi connectivity index (χ0n) is 13.2. The lowest BCUT2D eigenvalue weighted by molar-refractivity contribution is -0.0374. The summed E-state index contributed by atoms with van der Waals surface area (Å²) in [5.74, 6) is 0. The molecule has 114 valence electrons. The first-order valence-electron chi connectivity index (χ1n) is 7.70. The molecule has 1 fully saturated rings. The van der Waals surface area contributed by atoms with Gasteiger partial charge in [-0.05, 0) is 33.5 Å². The largest absolute Gasteiger partial charge is 0.374 e. The van der Waals surface area contributed by atoms with Crippen LogP contribution in [-0.2, 0) is 24.1 Å². The van der Waals surface area contributed by atoms with Crippen LogP contribution in [0, 0.1) is 0 Å². The molecule has 20 heavy (non-hydrogen) atoms. The van der Waals surface area contributed by atoms with Crippen LogP contribution in [0.4, 0.5) is 0 Å². The summed E-state index contributed by atoms with van der Waals surface area (Å²) in [6.45, 7) is 8.08. The highest BCUT2D eigenvalue weighted by Crippen LogP contribution is 2.14. The number of nitrogens with zero attached hydrogens (tertiary/aromatic N) is 3. The van der Waals surface area contributed by atoms with Crippen molar-refractivity contribution >= 4 is 0 Å². The van der Waals surface area contributed by atoms with Crippen molar-refractivity contribution in [3.63, 3.8) is 0 Å². The minimum Gasteiger partial charge on any atom is -0.374 e. The molecule has 1 aliphatic rings. The smallest absolute Gasteiger partial charge is 0.0858 e. The molecule has 2 heterocycles. The first-order valence-corrected chi connectivity index (χ1v) is 7.70. The Balaban J connectivity index is 2.07. The second-order valence-electron chi connectivity index (χ2n) is 5.57. The molecule has 0 spiro atoms. The van der Waals surface area contributed by atoms with Gasteiger partial charge in [0.15, 0.2) is 0 Å². The molecule has 0 bridgehead atoms. The van der Waals surface area contributed by atoms with Gasteiger partial charge in [0, 0.05) is 37.8 Å². The van der Waals surface area contributed by atoms with Gasteiger partial charge < -0.3 is 15.0 Å². The Kier molecular flexibility index (Phi) is 5.57. The van der Waals surface area contributed by atoms with E-state index in [0.29, 0.717) is 6.04 Å². The number of morpholine rings is 1. The summed E-state index contributed by atoms with van der Waals surface area (Å²) in [5.41, 5.74) is 2.49. The van der Waals surface area contributed by atoms with E-state index >= 15 is 0 Å². The molecule has 5 nitrogen and oxygen atoms in total. The molecule has 0 aliphatic carbocycles. The van der Waals surface area contributed by atoms with Gasteiger partial charge in [0.2, 0.25) is 0 Å². The van der Waals surface area contributed by atoms with E-state index in [1.54, 1.807) is 0 Å². The molecular formula is C15H28N4O. The van der Waals surface area contributed by atoms with Gasteiger partial charge in [-0.1, -0.05) is 6.92 Å². The fourth-order valence-electron chi connectivity index (χ4n) is 2.83. The van der Waals surface area contributed by atoms with Gasteiger partial charge >= 0.3 is 0 Å². The van der Waals surface area contributed by atoms with Gasteiger partial charge in [-0.25, -0.2) is 0 Å². The Hall–Kier alpha value is -0.910. The maximum absolute atomic E-state index is 5.95. The molecule has 1 aliphatic heterocycles. The van der Waals surface area contributed by atoms with Crippen LogP contribution in [0.5, 0.6) is 0 Å². The zero-order valence-corrected chi connectivity index (χ0v) is 13.2. The summed E-state index contributed by atoms with van der Waals surface area (Å²) in [4.78, 5) is 2.34. The fourth-order valence-corrected chi connectivity index (χ4v) is 2.83. The maximum atomic E-state index is 5.95.